The average Bonchev–Trinajstić information content (AvgIpc) is 3.34. The van der Waals surface area contributed by atoms with Gasteiger partial charge in [-0.2, -0.15) is 0 Å². The SMILES string of the molecule is O=C1CCCN1C(=O)CSc1nnc(C[NH+]2CCCCC2)n1Cc1ccccc1. The van der Waals surface area contributed by atoms with Crippen LogP contribution in [0.3, 0.4) is 0 Å². The highest BCUT2D eigenvalue weighted by molar-refractivity contribution is 7.99. The minimum Gasteiger partial charge on any atom is -0.329 e. The van der Waals surface area contributed by atoms with Crippen LogP contribution in [0.4, 0.5) is 0 Å². The monoisotopic (exact) mass is 414 g/mol. The number of likely N-dealkylation sites (tertiary alicyclic amines) is 2. The predicted octanol–water partition coefficient (Wildman–Crippen LogP) is 1.14. The summed E-state index contributed by atoms with van der Waals surface area (Å²) in [5.41, 5.74) is 1.19. The van der Waals surface area contributed by atoms with E-state index in [0.717, 1.165) is 23.9 Å². The van der Waals surface area contributed by atoms with Gasteiger partial charge in [-0.25, -0.2) is 0 Å². The van der Waals surface area contributed by atoms with Crippen molar-refractivity contribution < 1.29 is 14.5 Å². The van der Waals surface area contributed by atoms with Crippen molar-refractivity contribution >= 4 is 23.6 Å². The maximum atomic E-state index is 12.4. The summed E-state index contributed by atoms with van der Waals surface area (Å²) in [5.74, 6) is 0.999. The third-order valence-corrected chi connectivity index (χ3v) is 6.60. The first-order valence-electron chi connectivity index (χ1n) is 10.5. The summed E-state index contributed by atoms with van der Waals surface area (Å²) >= 11 is 1.38. The van der Waals surface area contributed by atoms with Gasteiger partial charge < -0.3 is 4.90 Å². The van der Waals surface area contributed by atoms with E-state index in [1.54, 1.807) is 4.90 Å². The molecule has 0 unspecified atom stereocenters. The van der Waals surface area contributed by atoms with Gasteiger partial charge in [0.25, 0.3) is 0 Å². The highest BCUT2D eigenvalue weighted by atomic mass is 32.2. The Kier molecular flexibility index (Phi) is 6.61. The molecule has 2 aromatic rings. The molecule has 7 nitrogen and oxygen atoms in total. The topological polar surface area (TPSA) is 72.5 Å². The maximum absolute atomic E-state index is 12.4. The number of imide groups is 1. The molecule has 154 valence electrons. The van der Waals surface area contributed by atoms with Crippen LogP contribution in [0.25, 0.3) is 0 Å². The van der Waals surface area contributed by atoms with E-state index in [9.17, 15) is 9.59 Å². The fourth-order valence-electron chi connectivity index (χ4n) is 4.05. The van der Waals surface area contributed by atoms with Crippen molar-refractivity contribution in [1.82, 2.24) is 19.7 Å². The van der Waals surface area contributed by atoms with Gasteiger partial charge in [0.15, 0.2) is 11.0 Å². The molecule has 0 atom stereocenters. The molecule has 4 rings (SSSR count). The Morgan fingerprint density at radius 2 is 1.86 bits per heavy atom. The highest BCUT2D eigenvalue weighted by Crippen LogP contribution is 2.21. The Balaban J connectivity index is 1.49. The summed E-state index contributed by atoms with van der Waals surface area (Å²) in [5, 5.41) is 9.63. The second kappa shape index (κ2) is 9.54. The van der Waals surface area contributed by atoms with Gasteiger partial charge in [0, 0.05) is 13.0 Å². The summed E-state index contributed by atoms with van der Waals surface area (Å²) in [6.45, 7) is 4.44. The molecule has 0 saturated carbocycles. The number of rotatable bonds is 7. The van der Waals surface area contributed by atoms with Crippen LogP contribution in [0.2, 0.25) is 0 Å². The van der Waals surface area contributed by atoms with Gasteiger partial charge >= 0.3 is 0 Å². The van der Waals surface area contributed by atoms with Crippen molar-refractivity contribution in [3.05, 3.63) is 41.7 Å². The lowest BCUT2D eigenvalue weighted by atomic mass is 10.1. The number of carbonyl (C=O) groups is 2. The summed E-state index contributed by atoms with van der Waals surface area (Å²) in [6, 6.07) is 10.3. The highest BCUT2D eigenvalue weighted by Gasteiger charge is 2.27. The molecule has 0 bridgehead atoms. The summed E-state index contributed by atoms with van der Waals surface area (Å²) in [6.07, 6.45) is 5.09. The summed E-state index contributed by atoms with van der Waals surface area (Å²) in [7, 11) is 0. The lowest BCUT2D eigenvalue weighted by molar-refractivity contribution is -0.919. The van der Waals surface area contributed by atoms with Crippen LogP contribution in [0.5, 0.6) is 0 Å². The van der Waals surface area contributed by atoms with Gasteiger partial charge in [0.1, 0.15) is 6.54 Å². The van der Waals surface area contributed by atoms with Crippen molar-refractivity contribution in [2.75, 3.05) is 25.4 Å². The van der Waals surface area contributed by atoms with Crippen LogP contribution in [0.15, 0.2) is 35.5 Å². The number of carbonyl (C=O) groups excluding carboxylic acids is 2. The van der Waals surface area contributed by atoms with E-state index in [0.29, 0.717) is 19.5 Å². The largest absolute Gasteiger partial charge is 0.329 e. The van der Waals surface area contributed by atoms with Gasteiger partial charge in [-0.05, 0) is 31.2 Å². The number of nitrogens with one attached hydrogen (secondary N) is 1. The van der Waals surface area contributed by atoms with E-state index in [2.05, 4.69) is 26.9 Å². The number of hydrogen-bond donors (Lipinski definition) is 1. The molecular weight excluding hydrogens is 386 g/mol. The van der Waals surface area contributed by atoms with Gasteiger partial charge in [-0.15, -0.1) is 10.2 Å². The molecule has 2 aliphatic heterocycles. The molecule has 1 aromatic heterocycles. The van der Waals surface area contributed by atoms with E-state index >= 15 is 0 Å². The Morgan fingerprint density at radius 1 is 1.07 bits per heavy atom. The number of thioether (sulfide) groups is 1. The van der Waals surface area contributed by atoms with Crippen LogP contribution >= 0.6 is 11.8 Å². The number of nitrogens with zero attached hydrogens (tertiary/aromatic N) is 4. The van der Waals surface area contributed by atoms with Crippen LogP contribution in [0.1, 0.15) is 43.5 Å². The fourth-order valence-corrected chi connectivity index (χ4v) is 4.88. The molecule has 8 heteroatoms. The Labute approximate surface area is 175 Å². The quantitative estimate of drug-likeness (QED) is 0.688. The molecule has 1 aromatic carbocycles. The molecule has 3 heterocycles. The first-order chi connectivity index (χ1) is 14.2. The van der Waals surface area contributed by atoms with Gasteiger partial charge in [-0.3, -0.25) is 19.1 Å². The first-order valence-corrected chi connectivity index (χ1v) is 11.4. The molecule has 1 N–H and O–H groups in total. The van der Waals surface area contributed by atoms with Gasteiger partial charge in [0.05, 0.1) is 25.4 Å². The molecule has 2 amide bonds. The van der Waals surface area contributed by atoms with Crippen LogP contribution in [-0.2, 0) is 22.7 Å². The molecule has 0 radical (unpaired) electrons. The molecule has 2 saturated heterocycles. The van der Waals surface area contributed by atoms with Gasteiger partial charge in [-0.1, -0.05) is 42.1 Å². The zero-order valence-electron chi connectivity index (χ0n) is 16.7. The number of aromatic nitrogens is 3. The molecule has 29 heavy (non-hydrogen) atoms. The van der Waals surface area contributed by atoms with Crippen LogP contribution < -0.4 is 4.90 Å². The Hall–Kier alpha value is -2.19. The predicted molar refractivity (Wildman–Crippen MR) is 110 cm³/mol. The molecule has 0 aliphatic carbocycles. The van der Waals surface area contributed by atoms with Crippen LogP contribution in [0, 0.1) is 0 Å². The molecule has 2 fully saturated rings. The smallest absolute Gasteiger partial charge is 0.239 e. The fraction of sp³-hybridized carbons (Fsp3) is 0.524. The third-order valence-electron chi connectivity index (χ3n) is 5.64. The number of amides is 2. The zero-order valence-corrected chi connectivity index (χ0v) is 17.5. The minimum atomic E-state index is -0.130. The van der Waals surface area contributed by atoms with Gasteiger partial charge in [0.2, 0.25) is 11.8 Å². The number of piperidine rings is 1. The molecule has 2 aliphatic rings. The lowest BCUT2D eigenvalue weighted by Gasteiger charge is -2.23. The average molecular weight is 415 g/mol. The van der Waals surface area contributed by atoms with Crippen molar-refractivity contribution in [1.29, 1.82) is 0 Å². The summed E-state index contributed by atoms with van der Waals surface area (Å²) in [4.78, 5) is 27.2. The van der Waals surface area contributed by atoms with Crippen LogP contribution in [-0.4, -0.2) is 56.9 Å². The van der Waals surface area contributed by atoms with E-state index in [-0.39, 0.29) is 17.6 Å². The maximum Gasteiger partial charge on any atom is 0.239 e. The van der Waals surface area contributed by atoms with E-state index in [4.69, 9.17) is 0 Å². The Morgan fingerprint density at radius 3 is 2.59 bits per heavy atom. The molecular formula is C21H28N5O2S+. The van der Waals surface area contributed by atoms with Crippen molar-refractivity contribution in [3.8, 4) is 0 Å². The number of benzene rings is 1. The summed E-state index contributed by atoms with van der Waals surface area (Å²) < 4.78 is 2.14. The third kappa shape index (κ3) is 5.05. The van der Waals surface area contributed by atoms with Crippen molar-refractivity contribution in [2.45, 2.75) is 50.4 Å². The van der Waals surface area contributed by atoms with Crippen molar-refractivity contribution in [2.24, 2.45) is 0 Å². The minimum absolute atomic E-state index is 0.0595. The lowest BCUT2D eigenvalue weighted by Crippen LogP contribution is -3.11. The first kappa shape index (κ1) is 20.1. The Bertz CT molecular complexity index is 848. The number of hydrogen-bond acceptors (Lipinski definition) is 5. The second-order valence-electron chi connectivity index (χ2n) is 7.79. The van der Waals surface area contributed by atoms with E-state index in [1.807, 2.05) is 18.2 Å². The normalized spacial score (nSPS) is 17.8. The van der Waals surface area contributed by atoms with Crippen molar-refractivity contribution in [3.63, 3.8) is 0 Å². The van der Waals surface area contributed by atoms with E-state index < -0.39 is 0 Å². The number of quaternary nitrogens is 1. The molecule has 0 spiro atoms. The standard InChI is InChI=1S/C21H27N5O2S/c27-19-10-7-13-25(19)20(28)16-29-21-23-22-18(15-24-11-5-2-6-12-24)26(21)14-17-8-3-1-4-9-17/h1,3-4,8-9H,2,5-7,10-16H2/p+1. The zero-order chi connectivity index (χ0) is 20.1. The van der Waals surface area contributed by atoms with E-state index in [1.165, 1.54) is 54.6 Å². The second-order valence-corrected chi connectivity index (χ2v) is 8.73.